The first-order valence-corrected chi connectivity index (χ1v) is 11.8. The number of carbonyl (C=O) groups excluding carboxylic acids is 1. The number of aryl methyl sites for hydroxylation is 1. The van der Waals surface area contributed by atoms with E-state index in [9.17, 15) is 4.79 Å². The van der Waals surface area contributed by atoms with E-state index < -0.39 is 0 Å². The fraction of sp³-hybridized carbons (Fsp3) is 0.538. The molecule has 1 aliphatic carbocycles. The maximum absolute atomic E-state index is 13.4. The molecule has 0 spiro atoms. The average molecular weight is 419 g/mol. The Balaban J connectivity index is 1.41. The zero-order valence-electron chi connectivity index (χ0n) is 18.9. The molecule has 1 aliphatic heterocycles. The smallest absolute Gasteiger partial charge is 0.255 e. The highest BCUT2D eigenvalue weighted by Gasteiger charge is 2.26. The molecule has 2 aliphatic rings. The summed E-state index contributed by atoms with van der Waals surface area (Å²) in [5.74, 6) is 0.190. The second-order valence-corrected chi connectivity index (χ2v) is 9.18. The van der Waals surface area contributed by atoms with Crippen LogP contribution in [-0.2, 0) is 6.54 Å². The number of carbonyl (C=O) groups is 1. The molecule has 1 aromatic carbocycles. The van der Waals surface area contributed by atoms with E-state index in [0.717, 1.165) is 50.4 Å². The third-order valence-corrected chi connectivity index (χ3v) is 7.02. The molecule has 1 aromatic heterocycles. The summed E-state index contributed by atoms with van der Waals surface area (Å²) in [5.41, 5.74) is 5.18. The highest BCUT2D eigenvalue weighted by Crippen LogP contribution is 2.32. The van der Waals surface area contributed by atoms with E-state index in [-0.39, 0.29) is 5.91 Å². The number of benzene rings is 1. The molecule has 0 atom stereocenters. The predicted octanol–water partition coefficient (Wildman–Crippen LogP) is 4.83. The van der Waals surface area contributed by atoms with Crippen molar-refractivity contribution in [3.05, 3.63) is 58.4 Å². The molecule has 1 saturated heterocycles. The zero-order valence-corrected chi connectivity index (χ0v) is 18.9. The molecule has 2 heterocycles. The first kappa shape index (κ1) is 21.6. The van der Waals surface area contributed by atoms with E-state index in [1.165, 1.54) is 43.4 Å². The minimum atomic E-state index is 0.190. The number of nitrogens with zero attached hydrogens (tertiary/aromatic N) is 4. The highest BCUT2D eigenvalue weighted by molar-refractivity contribution is 5.95. The van der Waals surface area contributed by atoms with Crippen molar-refractivity contribution in [2.24, 2.45) is 0 Å². The lowest BCUT2D eigenvalue weighted by Crippen LogP contribution is -2.35. The van der Waals surface area contributed by atoms with Crippen LogP contribution in [0.2, 0.25) is 0 Å². The van der Waals surface area contributed by atoms with Gasteiger partial charge in [-0.15, -0.1) is 0 Å². The molecule has 1 saturated carbocycles. The molecule has 0 bridgehead atoms. The molecule has 5 heteroatoms. The van der Waals surface area contributed by atoms with Gasteiger partial charge in [-0.1, -0.05) is 31.4 Å². The fourth-order valence-electron chi connectivity index (χ4n) is 5.34. The largest absolute Gasteiger partial charge is 0.345 e. The van der Waals surface area contributed by atoms with Crippen LogP contribution in [-0.4, -0.2) is 46.5 Å². The van der Waals surface area contributed by atoms with Crippen LogP contribution >= 0.6 is 0 Å². The van der Waals surface area contributed by atoms with Gasteiger partial charge < -0.3 is 9.47 Å². The van der Waals surface area contributed by atoms with Gasteiger partial charge in [0.15, 0.2) is 0 Å². The third kappa shape index (κ3) is 4.85. The normalized spacial score (nSPS) is 18.5. The number of hydrogen-bond acceptors (Lipinski definition) is 3. The first-order chi connectivity index (χ1) is 15.1. The summed E-state index contributed by atoms with van der Waals surface area (Å²) in [7, 11) is 0. The summed E-state index contributed by atoms with van der Waals surface area (Å²) < 4.78 is 2.43. The Kier molecular flexibility index (Phi) is 6.77. The Bertz CT molecular complexity index is 947. The van der Waals surface area contributed by atoms with Crippen molar-refractivity contribution >= 4 is 5.91 Å². The summed E-state index contributed by atoms with van der Waals surface area (Å²) in [4.78, 5) is 17.9. The lowest BCUT2D eigenvalue weighted by atomic mass is 9.95. The number of rotatable bonds is 4. The van der Waals surface area contributed by atoms with Gasteiger partial charge in [0.05, 0.1) is 17.2 Å². The van der Waals surface area contributed by atoms with Crippen LogP contribution in [0.15, 0.2) is 30.3 Å². The number of nitriles is 1. The van der Waals surface area contributed by atoms with Gasteiger partial charge in [0.25, 0.3) is 5.91 Å². The maximum atomic E-state index is 13.4. The molecule has 2 aromatic rings. The molecule has 2 fully saturated rings. The van der Waals surface area contributed by atoms with E-state index in [2.05, 4.69) is 35.5 Å². The molecule has 0 N–H and O–H groups in total. The van der Waals surface area contributed by atoms with E-state index >= 15 is 0 Å². The van der Waals surface area contributed by atoms with Crippen LogP contribution in [0.3, 0.4) is 0 Å². The molecule has 31 heavy (non-hydrogen) atoms. The van der Waals surface area contributed by atoms with Crippen LogP contribution in [0.4, 0.5) is 0 Å². The van der Waals surface area contributed by atoms with Crippen molar-refractivity contribution < 1.29 is 4.79 Å². The van der Waals surface area contributed by atoms with E-state index in [0.29, 0.717) is 11.6 Å². The molecule has 1 amide bonds. The summed E-state index contributed by atoms with van der Waals surface area (Å²) in [5, 5.41) is 8.97. The van der Waals surface area contributed by atoms with Gasteiger partial charge >= 0.3 is 0 Å². The predicted molar refractivity (Wildman–Crippen MR) is 123 cm³/mol. The van der Waals surface area contributed by atoms with Gasteiger partial charge in [-0.2, -0.15) is 5.26 Å². The Hall–Kier alpha value is -2.58. The Morgan fingerprint density at radius 2 is 1.74 bits per heavy atom. The summed E-state index contributed by atoms with van der Waals surface area (Å²) in [6.45, 7) is 8.60. The van der Waals surface area contributed by atoms with Crippen LogP contribution in [0.25, 0.3) is 0 Å². The van der Waals surface area contributed by atoms with E-state index in [1.807, 2.05) is 29.2 Å². The quantitative estimate of drug-likeness (QED) is 0.715. The lowest BCUT2D eigenvalue weighted by molar-refractivity contribution is 0.0760. The van der Waals surface area contributed by atoms with Gasteiger partial charge in [-0.05, 0) is 56.9 Å². The van der Waals surface area contributed by atoms with Gasteiger partial charge in [0.1, 0.15) is 0 Å². The second kappa shape index (κ2) is 9.70. The molecule has 164 valence electrons. The number of hydrogen-bond donors (Lipinski definition) is 0. The van der Waals surface area contributed by atoms with Crippen LogP contribution < -0.4 is 0 Å². The molecule has 4 rings (SSSR count). The Labute approximate surface area is 186 Å². The van der Waals surface area contributed by atoms with Crippen molar-refractivity contribution in [3.8, 4) is 6.07 Å². The summed E-state index contributed by atoms with van der Waals surface area (Å²) >= 11 is 0. The first-order valence-electron chi connectivity index (χ1n) is 11.8. The molecular formula is C26H34N4O. The maximum Gasteiger partial charge on any atom is 0.255 e. The van der Waals surface area contributed by atoms with Gasteiger partial charge in [-0.25, -0.2) is 0 Å². The lowest BCUT2D eigenvalue weighted by Gasteiger charge is -2.27. The van der Waals surface area contributed by atoms with Crippen LogP contribution in [0.1, 0.15) is 77.4 Å². The topological polar surface area (TPSA) is 52.3 Å². The van der Waals surface area contributed by atoms with Crippen molar-refractivity contribution in [1.29, 1.82) is 5.26 Å². The molecular weight excluding hydrogens is 384 g/mol. The average Bonchev–Trinajstić information content (AvgIpc) is 2.94. The van der Waals surface area contributed by atoms with Crippen molar-refractivity contribution in [2.45, 2.75) is 65.0 Å². The standard InChI is InChI=1S/C26H34N4O/c1-20-17-25(21(2)30(20)24-7-4-3-5-8-24)26(31)29-14-6-13-28(15-16-29)19-23-11-9-22(18-27)10-12-23/h9-12,17,24H,3-8,13-16,19H2,1-2H3. The number of aromatic nitrogens is 1. The van der Waals surface area contributed by atoms with Crippen molar-refractivity contribution in [3.63, 3.8) is 0 Å². The minimum Gasteiger partial charge on any atom is -0.345 e. The van der Waals surface area contributed by atoms with Crippen LogP contribution in [0.5, 0.6) is 0 Å². The minimum absolute atomic E-state index is 0.190. The molecule has 5 nitrogen and oxygen atoms in total. The van der Waals surface area contributed by atoms with Gasteiger partial charge in [0.2, 0.25) is 0 Å². The molecule has 0 radical (unpaired) electrons. The van der Waals surface area contributed by atoms with E-state index in [4.69, 9.17) is 5.26 Å². The fourth-order valence-corrected chi connectivity index (χ4v) is 5.34. The van der Waals surface area contributed by atoms with E-state index in [1.54, 1.807) is 0 Å². The van der Waals surface area contributed by atoms with Crippen LogP contribution in [0, 0.1) is 25.2 Å². The SMILES string of the molecule is Cc1cc(C(=O)N2CCCN(Cc3ccc(C#N)cc3)CC2)c(C)n1C1CCCCC1. The molecule has 0 unspecified atom stereocenters. The summed E-state index contributed by atoms with van der Waals surface area (Å²) in [6.07, 6.45) is 7.40. The summed E-state index contributed by atoms with van der Waals surface area (Å²) in [6, 6.07) is 12.7. The van der Waals surface area contributed by atoms with Gasteiger partial charge in [0, 0.05) is 50.2 Å². The Morgan fingerprint density at radius 3 is 2.45 bits per heavy atom. The van der Waals surface area contributed by atoms with Crippen molar-refractivity contribution in [1.82, 2.24) is 14.4 Å². The zero-order chi connectivity index (χ0) is 21.8. The van der Waals surface area contributed by atoms with Crippen molar-refractivity contribution in [2.75, 3.05) is 26.2 Å². The second-order valence-electron chi connectivity index (χ2n) is 9.18. The highest BCUT2D eigenvalue weighted by atomic mass is 16.2. The monoisotopic (exact) mass is 418 g/mol. The Morgan fingerprint density at radius 1 is 1.00 bits per heavy atom. The number of amides is 1. The third-order valence-electron chi connectivity index (χ3n) is 7.02. The van der Waals surface area contributed by atoms with Gasteiger partial charge in [-0.3, -0.25) is 9.69 Å².